The number of amides is 1. The summed E-state index contributed by atoms with van der Waals surface area (Å²) in [5.41, 5.74) is 1.40. The number of ether oxygens (including phenoxy) is 1. The Morgan fingerprint density at radius 1 is 1.27 bits per heavy atom. The van der Waals surface area contributed by atoms with Gasteiger partial charge in [0.05, 0.1) is 5.69 Å². The second-order valence-corrected chi connectivity index (χ2v) is 6.35. The van der Waals surface area contributed by atoms with Crippen LogP contribution in [0.15, 0.2) is 12.9 Å². The molecule has 1 aromatic heterocycles. The standard InChI is InChI=1S/C16H24N4O2/c1-6-13-12(2)17-11-18-14(13)19-7-9-20(10-8-19)15(21)22-16(3,4)5/h6,11H,1,7-10H2,2-5H3. The number of carbonyl (C=O) groups is 1. The number of nitrogens with zero attached hydrogens (tertiary/aromatic N) is 4. The zero-order chi connectivity index (χ0) is 16.3. The maximum absolute atomic E-state index is 12.1. The van der Waals surface area contributed by atoms with E-state index in [0.29, 0.717) is 13.1 Å². The molecular formula is C16H24N4O2. The monoisotopic (exact) mass is 304 g/mol. The van der Waals surface area contributed by atoms with Gasteiger partial charge in [0.2, 0.25) is 0 Å². The Hall–Kier alpha value is -2.11. The van der Waals surface area contributed by atoms with E-state index < -0.39 is 5.60 Å². The van der Waals surface area contributed by atoms with E-state index in [2.05, 4.69) is 21.4 Å². The predicted molar refractivity (Wildman–Crippen MR) is 86.9 cm³/mol. The number of piperazine rings is 1. The van der Waals surface area contributed by atoms with Crippen LogP contribution in [-0.2, 0) is 4.74 Å². The van der Waals surface area contributed by atoms with Crippen LogP contribution in [0, 0.1) is 6.92 Å². The van der Waals surface area contributed by atoms with E-state index in [-0.39, 0.29) is 6.09 Å². The van der Waals surface area contributed by atoms with Crippen molar-refractivity contribution in [3.63, 3.8) is 0 Å². The summed E-state index contributed by atoms with van der Waals surface area (Å²) in [6.45, 7) is 14.1. The third-order valence-corrected chi connectivity index (χ3v) is 3.50. The number of rotatable bonds is 2. The van der Waals surface area contributed by atoms with E-state index in [0.717, 1.165) is 30.2 Å². The number of hydrogen-bond donors (Lipinski definition) is 0. The maximum atomic E-state index is 12.1. The van der Waals surface area contributed by atoms with Crippen LogP contribution >= 0.6 is 0 Å². The Balaban J connectivity index is 2.02. The molecule has 6 nitrogen and oxygen atoms in total. The van der Waals surface area contributed by atoms with Gasteiger partial charge in [-0.25, -0.2) is 14.8 Å². The first-order valence-electron chi connectivity index (χ1n) is 7.49. The minimum absolute atomic E-state index is 0.255. The molecule has 2 rings (SSSR count). The number of anilines is 1. The molecule has 1 aliphatic rings. The first-order valence-corrected chi connectivity index (χ1v) is 7.49. The van der Waals surface area contributed by atoms with Crippen LogP contribution < -0.4 is 4.90 Å². The van der Waals surface area contributed by atoms with E-state index in [1.807, 2.05) is 27.7 Å². The summed E-state index contributed by atoms with van der Waals surface area (Å²) in [6.07, 6.45) is 3.10. The van der Waals surface area contributed by atoms with Crippen molar-refractivity contribution in [2.75, 3.05) is 31.1 Å². The summed E-state index contributed by atoms with van der Waals surface area (Å²) in [5, 5.41) is 0. The molecule has 0 bridgehead atoms. The number of carbonyl (C=O) groups excluding carboxylic acids is 1. The first kappa shape index (κ1) is 16.3. The SMILES string of the molecule is C=Cc1c(C)ncnc1N1CCN(C(=O)OC(C)(C)C)CC1. The fraction of sp³-hybridized carbons (Fsp3) is 0.562. The van der Waals surface area contributed by atoms with Crippen LogP contribution in [0.1, 0.15) is 32.0 Å². The average molecular weight is 304 g/mol. The third kappa shape index (κ3) is 3.75. The van der Waals surface area contributed by atoms with E-state index in [9.17, 15) is 4.79 Å². The van der Waals surface area contributed by atoms with E-state index in [1.54, 1.807) is 17.3 Å². The zero-order valence-electron chi connectivity index (χ0n) is 13.8. The number of hydrogen-bond acceptors (Lipinski definition) is 5. The normalized spacial score (nSPS) is 15.6. The van der Waals surface area contributed by atoms with Gasteiger partial charge >= 0.3 is 6.09 Å². The molecule has 0 saturated carbocycles. The minimum Gasteiger partial charge on any atom is -0.444 e. The molecule has 1 amide bonds. The van der Waals surface area contributed by atoms with Crippen LogP contribution in [0.4, 0.5) is 10.6 Å². The molecule has 1 saturated heterocycles. The van der Waals surface area contributed by atoms with E-state index in [1.165, 1.54) is 0 Å². The highest BCUT2D eigenvalue weighted by atomic mass is 16.6. The third-order valence-electron chi connectivity index (χ3n) is 3.50. The van der Waals surface area contributed by atoms with Crippen molar-refractivity contribution in [3.8, 4) is 0 Å². The quantitative estimate of drug-likeness (QED) is 0.840. The Bertz CT molecular complexity index is 558. The van der Waals surface area contributed by atoms with E-state index >= 15 is 0 Å². The van der Waals surface area contributed by atoms with Gasteiger partial charge in [0.15, 0.2) is 0 Å². The largest absolute Gasteiger partial charge is 0.444 e. The topological polar surface area (TPSA) is 58.6 Å². The highest BCUT2D eigenvalue weighted by Crippen LogP contribution is 2.22. The van der Waals surface area contributed by atoms with Crippen molar-refractivity contribution in [1.82, 2.24) is 14.9 Å². The van der Waals surface area contributed by atoms with Gasteiger partial charge in [-0.2, -0.15) is 0 Å². The molecule has 6 heteroatoms. The highest BCUT2D eigenvalue weighted by Gasteiger charge is 2.27. The molecule has 0 aliphatic carbocycles. The van der Waals surface area contributed by atoms with Gasteiger partial charge < -0.3 is 14.5 Å². The lowest BCUT2D eigenvalue weighted by molar-refractivity contribution is 0.0240. The predicted octanol–water partition coefficient (Wildman–Crippen LogP) is 2.49. The van der Waals surface area contributed by atoms with Gasteiger partial charge in [0.25, 0.3) is 0 Å². The molecule has 0 atom stereocenters. The van der Waals surface area contributed by atoms with Crippen LogP contribution in [0.5, 0.6) is 0 Å². The highest BCUT2D eigenvalue weighted by molar-refractivity contribution is 5.69. The van der Waals surface area contributed by atoms with Crippen LogP contribution in [-0.4, -0.2) is 52.7 Å². The number of aryl methyl sites for hydroxylation is 1. The molecule has 0 spiro atoms. The molecule has 1 fully saturated rings. The van der Waals surface area contributed by atoms with Crippen molar-refractivity contribution in [1.29, 1.82) is 0 Å². The zero-order valence-corrected chi connectivity index (χ0v) is 13.8. The van der Waals surface area contributed by atoms with Crippen LogP contribution in [0.2, 0.25) is 0 Å². The molecule has 0 unspecified atom stereocenters. The summed E-state index contributed by atoms with van der Waals surface area (Å²) < 4.78 is 5.41. The molecule has 0 radical (unpaired) electrons. The van der Waals surface area contributed by atoms with Crippen LogP contribution in [0.25, 0.3) is 6.08 Å². The Labute approximate surface area is 131 Å². The Kier molecular flexibility index (Phi) is 4.68. The van der Waals surface area contributed by atoms with Crippen molar-refractivity contribution in [2.45, 2.75) is 33.3 Å². The summed E-state index contributed by atoms with van der Waals surface area (Å²) in [7, 11) is 0. The molecular weight excluding hydrogens is 280 g/mol. The Morgan fingerprint density at radius 2 is 1.91 bits per heavy atom. The second kappa shape index (κ2) is 6.34. The molecule has 2 heterocycles. The van der Waals surface area contributed by atoms with E-state index in [4.69, 9.17) is 4.74 Å². The Morgan fingerprint density at radius 3 is 2.45 bits per heavy atom. The molecule has 120 valence electrons. The van der Waals surface area contributed by atoms with Crippen molar-refractivity contribution in [3.05, 3.63) is 24.2 Å². The average Bonchev–Trinajstić information content (AvgIpc) is 2.45. The minimum atomic E-state index is -0.464. The van der Waals surface area contributed by atoms with Crippen molar-refractivity contribution < 1.29 is 9.53 Å². The summed E-state index contributed by atoms with van der Waals surface area (Å²) >= 11 is 0. The first-order chi connectivity index (χ1) is 10.3. The molecule has 0 N–H and O–H groups in total. The molecule has 22 heavy (non-hydrogen) atoms. The van der Waals surface area contributed by atoms with Gasteiger partial charge in [-0.05, 0) is 27.7 Å². The molecule has 1 aliphatic heterocycles. The fourth-order valence-corrected chi connectivity index (χ4v) is 2.39. The maximum Gasteiger partial charge on any atom is 0.410 e. The lowest BCUT2D eigenvalue weighted by atomic mass is 10.2. The molecule has 1 aromatic rings. The fourth-order valence-electron chi connectivity index (χ4n) is 2.39. The second-order valence-electron chi connectivity index (χ2n) is 6.35. The lowest BCUT2D eigenvalue weighted by Gasteiger charge is -2.36. The van der Waals surface area contributed by atoms with Gasteiger partial charge in [-0.15, -0.1) is 0 Å². The number of aromatic nitrogens is 2. The van der Waals surface area contributed by atoms with Gasteiger partial charge in [-0.3, -0.25) is 0 Å². The lowest BCUT2D eigenvalue weighted by Crippen LogP contribution is -2.50. The van der Waals surface area contributed by atoms with Gasteiger partial charge in [0, 0.05) is 31.7 Å². The summed E-state index contributed by atoms with van der Waals surface area (Å²) in [5.74, 6) is 0.881. The van der Waals surface area contributed by atoms with Crippen molar-refractivity contribution in [2.24, 2.45) is 0 Å². The van der Waals surface area contributed by atoms with Crippen LogP contribution in [0.3, 0.4) is 0 Å². The van der Waals surface area contributed by atoms with Gasteiger partial charge in [0.1, 0.15) is 17.7 Å². The molecule has 0 aromatic carbocycles. The summed E-state index contributed by atoms with van der Waals surface area (Å²) in [4.78, 5) is 24.5. The van der Waals surface area contributed by atoms with Crippen molar-refractivity contribution >= 4 is 18.0 Å². The van der Waals surface area contributed by atoms with Gasteiger partial charge in [-0.1, -0.05) is 12.7 Å². The smallest absolute Gasteiger partial charge is 0.410 e. The summed E-state index contributed by atoms with van der Waals surface area (Å²) in [6, 6.07) is 0.